The fourth-order valence-electron chi connectivity index (χ4n) is 2.36. The highest BCUT2D eigenvalue weighted by Gasteiger charge is 2.13. The molecule has 0 fully saturated rings. The van der Waals surface area contributed by atoms with E-state index in [2.05, 4.69) is 25.9 Å². The van der Waals surface area contributed by atoms with Crippen LogP contribution in [0.1, 0.15) is 5.89 Å². The second-order valence-corrected chi connectivity index (χ2v) is 6.77. The van der Waals surface area contributed by atoms with E-state index in [4.69, 9.17) is 4.42 Å². The number of hydrogen-bond donors (Lipinski definition) is 0. The number of thiophene rings is 1. The Balaban J connectivity index is 1.98. The van der Waals surface area contributed by atoms with E-state index in [0.29, 0.717) is 16.1 Å². The molecule has 0 unspecified atom stereocenters. The fourth-order valence-corrected chi connectivity index (χ4v) is 3.61. The second kappa shape index (κ2) is 5.00. The van der Waals surface area contributed by atoms with Gasteiger partial charge in [-0.05, 0) is 24.3 Å². The molecule has 108 valence electrons. The van der Waals surface area contributed by atoms with E-state index < -0.39 is 0 Å². The first-order chi connectivity index (χ1) is 10.6. The van der Waals surface area contributed by atoms with E-state index >= 15 is 0 Å². The molecule has 0 aliphatic carbocycles. The van der Waals surface area contributed by atoms with Gasteiger partial charge in [-0.2, -0.15) is 0 Å². The van der Waals surface area contributed by atoms with Gasteiger partial charge in [-0.1, -0.05) is 28.1 Å². The number of benzene rings is 1. The zero-order valence-corrected chi connectivity index (χ0v) is 13.9. The number of aryl methyl sites for hydroxylation is 1. The third-order valence-electron chi connectivity index (χ3n) is 3.36. The van der Waals surface area contributed by atoms with Gasteiger partial charge in [-0.25, -0.2) is 14.8 Å². The molecule has 0 atom stereocenters. The molecule has 0 radical (unpaired) electrons. The van der Waals surface area contributed by atoms with Gasteiger partial charge < -0.3 is 4.42 Å². The van der Waals surface area contributed by atoms with Gasteiger partial charge >= 0.3 is 5.63 Å². The van der Waals surface area contributed by atoms with Crippen molar-refractivity contribution in [3.8, 4) is 11.3 Å². The maximum absolute atomic E-state index is 11.9. The zero-order chi connectivity index (χ0) is 15.3. The summed E-state index contributed by atoms with van der Waals surface area (Å²) in [6, 6.07) is 11.9. The molecular weight excluding hydrogens is 364 g/mol. The summed E-state index contributed by atoms with van der Waals surface area (Å²) in [6.45, 7) is 1.67. The van der Waals surface area contributed by atoms with Gasteiger partial charge in [0, 0.05) is 22.3 Å². The summed E-state index contributed by atoms with van der Waals surface area (Å²) in [5, 5.41) is 0.886. The third kappa shape index (κ3) is 2.15. The Morgan fingerprint density at radius 2 is 1.86 bits per heavy atom. The van der Waals surface area contributed by atoms with Crippen molar-refractivity contribution >= 4 is 47.7 Å². The lowest BCUT2D eigenvalue weighted by atomic mass is 10.1. The summed E-state index contributed by atoms with van der Waals surface area (Å²) in [6.07, 6.45) is 0. The van der Waals surface area contributed by atoms with Crippen LogP contribution in [0.4, 0.5) is 0 Å². The number of halogens is 1. The predicted molar refractivity (Wildman–Crippen MR) is 91.3 cm³/mol. The molecule has 0 bridgehead atoms. The van der Waals surface area contributed by atoms with Crippen molar-refractivity contribution in [2.45, 2.75) is 6.92 Å². The van der Waals surface area contributed by atoms with Crippen LogP contribution in [0.3, 0.4) is 0 Å². The summed E-state index contributed by atoms with van der Waals surface area (Å²) in [5.74, 6) is 0.370. The van der Waals surface area contributed by atoms with Gasteiger partial charge in [0.1, 0.15) is 15.0 Å². The zero-order valence-electron chi connectivity index (χ0n) is 11.5. The van der Waals surface area contributed by atoms with Crippen molar-refractivity contribution in [3.05, 3.63) is 57.2 Å². The maximum atomic E-state index is 11.9. The molecule has 4 nitrogen and oxygen atoms in total. The van der Waals surface area contributed by atoms with Crippen LogP contribution in [0.5, 0.6) is 0 Å². The van der Waals surface area contributed by atoms with Crippen LogP contribution < -0.4 is 5.63 Å². The lowest BCUT2D eigenvalue weighted by Crippen LogP contribution is -1.99. The van der Waals surface area contributed by atoms with Crippen molar-refractivity contribution < 1.29 is 4.42 Å². The molecule has 0 N–H and O–H groups in total. The Kier molecular flexibility index (Phi) is 3.09. The number of fused-ring (bicyclic) bond motifs is 3. The summed E-state index contributed by atoms with van der Waals surface area (Å²) in [4.78, 5) is 21.7. The number of pyridine rings is 1. The molecule has 1 aromatic carbocycles. The van der Waals surface area contributed by atoms with E-state index in [1.165, 1.54) is 11.3 Å². The minimum atomic E-state index is -0.351. The molecule has 0 aliphatic rings. The molecule has 0 saturated carbocycles. The van der Waals surface area contributed by atoms with Gasteiger partial charge in [0.05, 0.1) is 5.69 Å². The van der Waals surface area contributed by atoms with Crippen molar-refractivity contribution in [2.24, 2.45) is 0 Å². The molecule has 4 rings (SSSR count). The SMILES string of the molecule is Cc1nc2c(sc3nc(-c4ccc(Br)cc4)ccc32)c(=O)o1. The van der Waals surface area contributed by atoms with Crippen molar-refractivity contribution in [3.63, 3.8) is 0 Å². The van der Waals surface area contributed by atoms with Crippen LogP contribution >= 0.6 is 27.3 Å². The first-order valence-corrected chi connectivity index (χ1v) is 8.20. The normalized spacial score (nSPS) is 11.4. The predicted octanol–water partition coefficient (Wildman–Crippen LogP) is 4.54. The second-order valence-electron chi connectivity index (χ2n) is 4.86. The molecule has 3 aromatic heterocycles. The number of aromatic nitrogens is 2. The minimum absolute atomic E-state index is 0.351. The van der Waals surface area contributed by atoms with E-state index in [-0.39, 0.29) is 5.63 Å². The topological polar surface area (TPSA) is 56.0 Å². The highest BCUT2D eigenvalue weighted by atomic mass is 79.9. The van der Waals surface area contributed by atoms with Crippen LogP contribution in [0.15, 0.2) is 50.1 Å². The molecule has 0 aliphatic heterocycles. The van der Waals surface area contributed by atoms with Crippen LogP contribution in [0.25, 0.3) is 31.7 Å². The van der Waals surface area contributed by atoms with Gasteiger partial charge in [-0.3, -0.25) is 0 Å². The molecule has 0 spiro atoms. The molecular formula is C16H9BrN2O2S. The number of nitrogens with zero attached hydrogens (tertiary/aromatic N) is 2. The first kappa shape index (κ1) is 13.6. The van der Waals surface area contributed by atoms with Gasteiger partial charge in [-0.15, -0.1) is 11.3 Å². The Labute approximate surface area is 137 Å². The lowest BCUT2D eigenvalue weighted by Gasteiger charge is -2.01. The largest absolute Gasteiger partial charge is 0.408 e. The number of hydrogen-bond acceptors (Lipinski definition) is 5. The van der Waals surface area contributed by atoms with Gasteiger partial charge in [0.25, 0.3) is 0 Å². The van der Waals surface area contributed by atoms with Crippen molar-refractivity contribution in [1.82, 2.24) is 9.97 Å². The Hall–Kier alpha value is -2.05. The Morgan fingerprint density at radius 3 is 2.64 bits per heavy atom. The number of rotatable bonds is 1. The molecule has 0 saturated heterocycles. The summed E-state index contributed by atoms with van der Waals surface area (Å²) >= 11 is 4.74. The highest BCUT2D eigenvalue weighted by molar-refractivity contribution is 9.10. The van der Waals surface area contributed by atoms with Gasteiger partial charge in [0.2, 0.25) is 0 Å². The average molecular weight is 373 g/mol. The minimum Gasteiger partial charge on any atom is -0.408 e. The quantitative estimate of drug-likeness (QED) is 0.492. The summed E-state index contributed by atoms with van der Waals surface area (Å²) in [7, 11) is 0. The van der Waals surface area contributed by atoms with Crippen molar-refractivity contribution in [1.29, 1.82) is 0 Å². The monoisotopic (exact) mass is 372 g/mol. The summed E-state index contributed by atoms with van der Waals surface area (Å²) in [5.41, 5.74) is 2.21. The average Bonchev–Trinajstić information content (AvgIpc) is 2.86. The van der Waals surface area contributed by atoms with Crippen LogP contribution in [-0.4, -0.2) is 9.97 Å². The van der Waals surface area contributed by atoms with E-state index in [0.717, 1.165) is 25.9 Å². The van der Waals surface area contributed by atoms with E-state index in [1.807, 2.05) is 36.4 Å². The molecule has 0 amide bonds. The third-order valence-corrected chi connectivity index (χ3v) is 4.96. The standard InChI is InChI=1S/C16H9BrN2O2S/c1-8-18-13-11-6-7-12(9-2-4-10(17)5-3-9)19-15(11)22-14(13)16(20)21-8/h2-7H,1H3. The lowest BCUT2D eigenvalue weighted by molar-refractivity contribution is 0.468. The molecule has 4 aromatic rings. The van der Waals surface area contributed by atoms with Crippen LogP contribution in [0.2, 0.25) is 0 Å². The fraction of sp³-hybridized carbons (Fsp3) is 0.0625. The van der Waals surface area contributed by atoms with E-state index in [1.54, 1.807) is 6.92 Å². The Bertz CT molecular complexity index is 1070. The highest BCUT2D eigenvalue weighted by Crippen LogP contribution is 2.31. The van der Waals surface area contributed by atoms with Gasteiger partial charge in [0.15, 0.2) is 5.89 Å². The Morgan fingerprint density at radius 1 is 1.09 bits per heavy atom. The molecule has 3 heterocycles. The summed E-state index contributed by atoms with van der Waals surface area (Å²) < 4.78 is 6.60. The van der Waals surface area contributed by atoms with Crippen LogP contribution in [-0.2, 0) is 0 Å². The van der Waals surface area contributed by atoms with Crippen LogP contribution in [0, 0.1) is 6.92 Å². The molecule has 6 heteroatoms. The molecule has 22 heavy (non-hydrogen) atoms. The smallest absolute Gasteiger partial charge is 0.357 e. The van der Waals surface area contributed by atoms with Crippen molar-refractivity contribution in [2.75, 3.05) is 0 Å². The van der Waals surface area contributed by atoms with E-state index in [9.17, 15) is 4.79 Å². The first-order valence-electron chi connectivity index (χ1n) is 6.59. The maximum Gasteiger partial charge on any atom is 0.357 e.